The number of hydrogen-bond acceptors (Lipinski definition) is 4. The van der Waals surface area contributed by atoms with Crippen molar-refractivity contribution in [1.82, 2.24) is 4.72 Å². The average Bonchev–Trinajstić information content (AvgIpc) is 2.43. The molecule has 1 aliphatic rings. The zero-order chi connectivity index (χ0) is 16.9. The molecule has 23 heavy (non-hydrogen) atoms. The molecule has 0 heterocycles. The summed E-state index contributed by atoms with van der Waals surface area (Å²) in [6.45, 7) is 0.534. The standard InChI is InChI=1S/C15H20ClNO5S/c16-12-6-7-13(22-10-11-3-1-4-11)14(9-12)23(20,21)17-8-2-5-15(18)19/h6-7,9,11,17H,1-5,8,10H2,(H,18,19). The van der Waals surface area contributed by atoms with Crippen molar-refractivity contribution in [2.24, 2.45) is 5.92 Å². The Bertz CT molecular complexity index is 658. The monoisotopic (exact) mass is 361 g/mol. The molecule has 1 saturated carbocycles. The van der Waals surface area contributed by atoms with Crippen molar-refractivity contribution in [2.75, 3.05) is 13.2 Å². The summed E-state index contributed by atoms with van der Waals surface area (Å²) in [6, 6.07) is 4.48. The van der Waals surface area contributed by atoms with Gasteiger partial charge in [0.15, 0.2) is 0 Å². The number of rotatable bonds is 9. The van der Waals surface area contributed by atoms with Gasteiger partial charge in [-0.05, 0) is 43.4 Å². The van der Waals surface area contributed by atoms with E-state index in [0.29, 0.717) is 17.5 Å². The lowest BCUT2D eigenvalue weighted by Crippen LogP contribution is -2.26. The normalized spacial score (nSPS) is 15.2. The minimum Gasteiger partial charge on any atom is -0.492 e. The van der Waals surface area contributed by atoms with E-state index in [1.54, 1.807) is 12.1 Å². The Morgan fingerprint density at radius 3 is 2.74 bits per heavy atom. The smallest absolute Gasteiger partial charge is 0.303 e. The Morgan fingerprint density at radius 1 is 1.39 bits per heavy atom. The van der Waals surface area contributed by atoms with Gasteiger partial charge in [-0.25, -0.2) is 13.1 Å². The summed E-state index contributed by atoms with van der Waals surface area (Å²) in [5, 5.41) is 8.87. The zero-order valence-electron chi connectivity index (χ0n) is 12.6. The zero-order valence-corrected chi connectivity index (χ0v) is 14.2. The highest BCUT2D eigenvalue weighted by Gasteiger charge is 2.23. The first-order chi connectivity index (χ1) is 10.9. The molecule has 2 rings (SSSR count). The average molecular weight is 362 g/mol. The van der Waals surface area contributed by atoms with E-state index >= 15 is 0 Å². The number of halogens is 1. The molecule has 2 N–H and O–H groups in total. The number of carboxylic acids is 1. The number of carbonyl (C=O) groups is 1. The van der Waals surface area contributed by atoms with Gasteiger partial charge in [-0.1, -0.05) is 18.0 Å². The van der Waals surface area contributed by atoms with Crippen molar-refractivity contribution in [2.45, 2.75) is 37.0 Å². The van der Waals surface area contributed by atoms with Gasteiger partial charge in [0.1, 0.15) is 10.6 Å². The maximum absolute atomic E-state index is 12.4. The first-order valence-corrected chi connectivity index (χ1v) is 9.38. The molecule has 1 aliphatic carbocycles. The highest BCUT2D eigenvalue weighted by atomic mass is 35.5. The molecule has 1 fully saturated rings. The molecular weight excluding hydrogens is 342 g/mol. The number of aliphatic carboxylic acids is 1. The summed E-state index contributed by atoms with van der Waals surface area (Å²) in [5.41, 5.74) is 0. The summed E-state index contributed by atoms with van der Waals surface area (Å²) in [5.74, 6) is -0.215. The second kappa shape index (κ2) is 7.99. The lowest BCUT2D eigenvalue weighted by atomic mass is 9.86. The van der Waals surface area contributed by atoms with Crippen LogP contribution >= 0.6 is 11.6 Å². The summed E-state index contributed by atoms with van der Waals surface area (Å²) in [4.78, 5) is 10.4. The minimum absolute atomic E-state index is 0.0142. The molecule has 128 valence electrons. The quantitative estimate of drug-likeness (QED) is 0.659. The van der Waals surface area contributed by atoms with E-state index in [4.69, 9.17) is 21.4 Å². The van der Waals surface area contributed by atoms with E-state index in [2.05, 4.69) is 4.72 Å². The highest BCUT2D eigenvalue weighted by molar-refractivity contribution is 7.89. The summed E-state index contributed by atoms with van der Waals surface area (Å²) in [7, 11) is -3.80. The summed E-state index contributed by atoms with van der Waals surface area (Å²) in [6.07, 6.45) is 3.51. The van der Waals surface area contributed by atoms with E-state index in [9.17, 15) is 13.2 Å². The van der Waals surface area contributed by atoms with Crippen molar-refractivity contribution in [1.29, 1.82) is 0 Å². The second-order valence-electron chi connectivity index (χ2n) is 5.59. The summed E-state index contributed by atoms with van der Waals surface area (Å²) < 4.78 is 32.8. The van der Waals surface area contributed by atoms with Crippen molar-refractivity contribution < 1.29 is 23.1 Å². The van der Waals surface area contributed by atoms with Gasteiger partial charge < -0.3 is 9.84 Å². The molecule has 0 unspecified atom stereocenters. The first-order valence-electron chi connectivity index (χ1n) is 7.52. The van der Waals surface area contributed by atoms with Crippen LogP contribution in [0.15, 0.2) is 23.1 Å². The molecule has 0 amide bonds. The van der Waals surface area contributed by atoms with Crippen molar-refractivity contribution in [3.05, 3.63) is 23.2 Å². The van der Waals surface area contributed by atoms with Crippen LogP contribution in [0.5, 0.6) is 5.75 Å². The van der Waals surface area contributed by atoms with Crippen LogP contribution in [-0.2, 0) is 14.8 Å². The fourth-order valence-electron chi connectivity index (χ4n) is 2.20. The molecular formula is C15H20ClNO5S. The van der Waals surface area contributed by atoms with Crippen LogP contribution in [0.1, 0.15) is 32.1 Å². The number of carboxylic acid groups (broad SMARTS) is 1. The lowest BCUT2D eigenvalue weighted by molar-refractivity contribution is -0.137. The minimum atomic E-state index is -3.80. The SMILES string of the molecule is O=C(O)CCCNS(=O)(=O)c1cc(Cl)ccc1OCC1CCC1. The molecule has 0 bridgehead atoms. The molecule has 1 aromatic rings. The first kappa shape index (κ1) is 18.0. The van der Waals surface area contributed by atoms with E-state index in [1.807, 2.05) is 0 Å². The van der Waals surface area contributed by atoms with E-state index < -0.39 is 16.0 Å². The molecule has 0 spiro atoms. The Kier molecular flexibility index (Phi) is 6.26. The number of benzene rings is 1. The molecule has 0 radical (unpaired) electrons. The number of sulfonamides is 1. The third-order valence-electron chi connectivity index (χ3n) is 3.75. The molecule has 6 nitrogen and oxygen atoms in total. The van der Waals surface area contributed by atoms with Crippen molar-refractivity contribution in [3.8, 4) is 5.75 Å². The van der Waals surface area contributed by atoms with Crippen LogP contribution < -0.4 is 9.46 Å². The number of ether oxygens (including phenoxy) is 1. The van der Waals surface area contributed by atoms with Crippen LogP contribution in [-0.4, -0.2) is 32.6 Å². The fourth-order valence-corrected chi connectivity index (χ4v) is 3.68. The van der Waals surface area contributed by atoms with Gasteiger partial charge in [-0.3, -0.25) is 4.79 Å². The maximum atomic E-state index is 12.4. The topological polar surface area (TPSA) is 92.7 Å². The van der Waals surface area contributed by atoms with Gasteiger partial charge in [0.25, 0.3) is 0 Å². The van der Waals surface area contributed by atoms with E-state index in [1.165, 1.54) is 12.5 Å². The van der Waals surface area contributed by atoms with Gasteiger partial charge in [0, 0.05) is 18.0 Å². The number of hydrogen-bond donors (Lipinski definition) is 2. The van der Waals surface area contributed by atoms with Crippen molar-refractivity contribution in [3.63, 3.8) is 0 Å². The van der Waals surface area contributed by atoms with Crippen molar-refractivity contribution >= 4 is 27.6 Å². The van der Waals surface area contributed by atoms with Gasteiger partial charge in [0.05, 0.1) is 6.61 Å². The van der Waals surface area contributed by atoms with Crippen LogP contribution in [0.2, 0.25) is 5.02 Å². The Hall–Kier alpha value is -1.31. The summed E-state index contributed by atoms with van der Waals surface area (Å²) >= 11 is 5.90. The largest absolute Gasteiger partial charge is 0.492 e. The van der Waals surface area contributed by atoms with Gasteiger partial charge in [0.2, 0.25) is 10.0 Å². The van der Waals surface area contributed by atoms with Gasteiger partial charge in [-0.2, -0.15) is 0 Å². The number of nitrogens with one attached hydrogen (secondary N) is 1. The van der Waals surface area contributed by atoms with Crippen LogP contribution in [0.25, 0.3) is 0 Å². The maximum Gasteiger partial charge on any atom is 0.303 e. The highest BCUT2D eigenvalue weighted by Crippen LogP contribution is 2.31. The van der Waals surface area contributed by atoms with E-state index in [0.717, 1.165) is 12.8 Å². The van der Waals surface area contributed by atoms with Crippen LogP contribution in [0, 0.1) is 5.92 Å². The van der Waals surface area contributed by atoms with Gasteiger partial charge in [-0.15, -0.1) is 0 Å². The Morgan fingerprint density at radius 2 is 2.13 bits per heavy atom. The molecule has 0 aromatic heterocycles. The molecule has 8 heteroatoms. The molecule has 1 aromatic carbocycles. The van der Waals surface area contributed by atoms with Crippen LogP contribution in [0.3, 0.4) is 0 Å². The second-order valence-corrected chi connectivity index (χ2v) is 7.77. The Balaban J connectivity index is 2.05. The van der Waals surface area contributed by atoms with Gasteiger partial charge >= 0.3 is 5.97 Å². The van der Waals surface area contributed by atoms with Crippen LogP contribution in [0.4, 0.5) is 0 Å². The predicted molar refractivity (Wildman–Crippen MR) is 86.3 cm³/mol. The molecule has 0 saturated heterocycles. The lowest BCUT2D eigenvalue weighted by Gasteiger charge is -2.25. The van der Waals surface area contributed by atoms with E-state index in [-0.39, 0.29) is 30.0 Å². The predicted octanol–water partition coefficient (Wildman–Crippen LogP) is 2.66. The fraction of sp³-hybridized carbons (Fsp3) is 0.533. The third kappa shape index (κ3) is 5.37. The third-order valence-corrected chi connectivity index (χ3v) is 5.47. The molecule has 0 atom stereocenters. The Labute approximate surface area is 140 Å². The molecule has 0 aliphatic heterocycles.